The first-order chi connectivity index (χ1) is 5.92. The van der Waals surface area contributed by atoms with Gasteiger partial charge in [0.15, 0.2) is 0 Å². The fourth-order valence-electron chi connectivity index (χ4n) is 1.30. The average molecular weight is 188 g/mol. The standard InChI is InChI=1S/C9H16O4/c1-6(8(10)11)7-4-12-5-9(2,3)13-7/h6-7H,4-5H2,1-3H3,(H,10,11). The summed E-state index contributed by atoms with van der Waals surface area (Å²) in [6.45, 7) is 6.33. The molecule has 1 aliphatic rings. The Morgan fingerprint density at radius 1 is 1.62 bits per heavy atom. The number of carboxylic acids is 1. The fraction of sp³-hybridized carbons (Fsp3) is 0.889. The molecule has 0 spiro atoms. The second-order valence-corrected chi connectivity index (χ2v) is 4.06. The first kappa shape index (κ1) is 10.5. The van der Waals surface area contributed by atoms with Crippen LogP contribution >= 0.6 is 0 Å². The van der Waals surface area contributed by atoms with Crippen molar-refractivity contribution in [1.29, 1.82) is 0 Å². The van der Waals surface area contributed by atoms with E-state index in [0.29, 0.717) is 13.2 Å². The zero-order valence-electron chi connectivity index (χ0n) is 8.24. The third kappa shape index (κ3) is 2.67. The molecule has 13 heavy (non-hydrogen) atoms. The van der Waals surface area contributed by atoms with Crippen LogP contribution in [0.3, 0.4) is 0 Å². The van der Waals surface area contributed by atoms with Crippen molar-refractivity contribution in [3.8, 4) is 0 Å². The molecule has 76 valence electrons. The van der Waals surface area contributed by atoms with Crippen LogP contribution in [0, 0.1) is 5.92 Å². The van der Waals surface area contributed by atoms with Crippen LogP contribution in [0.25, 0.3) is 0 Å². The molecule has 0 bridgehead atoms. The summed E-state index contributed by atoms with van der Waals surface area (Å²) >= 11 is 0. The van der Waals surface area contributed by atoms with Crippen molar-refractivity contribution in [2.75, 3.05) is 13.2 Å². The predicted molar refractivity (Wildman–Crippen MR) is 46.6 cm³/mol. The van der Waals surface area contributed by atoms with Gasteiger partial charge in [0.25, 0.3) is 0 Å². The maximum Gasteiger partial charge on any atom is 0.308 e. The SMILES string of the molecule is CC(C(=O)O)C1COCC(C)(C)O1. The summed E-state index contributed by atoms with van der Waals surface area (Å²) in [6, 6.07) is 0. The van der Waals surface area contributed by atoms with Crippen LogP contribution < -0.4 is 0 Å². The average Bonchev–Trinajstić information content (AvgIpc) is 2.01. The van der Waals surface area contributed by atoms with Crippen LogP contribution in [0.15, 0.2) is 0 Å². The summed E-state index contributed by atoms with van der Waals surface area (Å²) in [4.78, 5) is 10.7. The zero-order valence-corrected chi connectivity index (χ0v) is 8.24. The molecular weight excluding hydrogens is 172 g/mol. The molecule has 0 saturated carbocycles. The number of carbonyl (C=O) groups is 1. The second kappa shape index (κ2) is 3.64. The van der Waals surface area contributed by atoms with Crippen LogP contribution in [-0.4, -0.2) is 36.0 Å². The van der Waals surface area contributed by atoms with E-state index in [2.05, 4.69) is 0 Å². The van der Waals surface area contributed by atoms with Crippen LogP contribution in [0.2, 0.25) is 0 Å². The van der Waals surface area contributed by atoms with Crippen molar-refractivity contribution in [3.63, 3.8) is 0 Å². The lowest BCUT2D eigenvalue weighted by Gasteiger charge is -2.37. The lowest BCUT2D eigenvalue weighted by Crippen LogP contribution is -2.47. The molecule has 2 unspecified atom stereocenters. The maximum atomic E-state index is 10.7. The molecule has 0 aromatic rings. The largest absolute Gasteiger partial charge is 0.481 e. The number of ether oxygens (including phenoxy) is 2. The van der Waals surface area contributed by atoms with E-state index in [-0.39, 0.29) is 11.7 Å². The lowest BCUT2D eigenvalue weighted by molar-refractivity contribution is -0.201. The van der Waals surface area contributed by atoms with E-state index in [9.17, 15) is 4.79 Å². The summed E-state index contributed by atoms with van der Waals surface area (Å²) in [5.41, 5.74) is -0.368. The zero-order chi connectivity index (χ0) is 10.1. The predicted octanol–water partition coefficient (Wildman–Crippen LogP) is 0.901. The van der Waals surface area contributed by atoms with Gasteiger partial charge in [-0.25, -0.2) is 0 Å². The van der Waals surface area contributed by atoms with Crippen LogP contribution in [0.4, 0.5) is 0 Å². The van der Waals surface area contributed by atoms with Crippen molar-refractivity contribution >= 4 is 5.97 Å². The molecule has 0 aromatic heterocycles. The fourth-order valence-corrected chi connectivity index (χ4v) is 1.30. The molecule has 0 aliphatic carbocycles. The quantitative estimate of drug-likeness (QED) is 0.699. The Bertz CT molecular complexity index is 200. The van der Waals surface area contributed by atoms with Gasteiger partial charge in [0.1, 0.15) is 0 Å². The van der Waals surface area contributed by atoms with E-state index < -0.39 is 11.9 Å². The van der Waals surface area contributed by atoms with E-state index in [1.807, 2.05) is 13.8 Å². The summed E-state index contributed by atoms with van der Waals surface area (Å²) < 4.78 is 10.9. The van der Waals surface area contributed by atoms with Gasteiger partial charge in [-0.05, 0) is 20.8 Å². The van der Waals surface area contributed by atoms with Crippen molar-refractivity contribution < 1.29 is 19.4 Å². The van der Waals surface area contributed by atoms with Gasteiger partial charge in [-0.15, -0.1) is 0 Å². The number of carboxylic acid groups (broad SMARTS) is 1. The molecule has 1 aliphatic heterocycles. The van der Waals surface area contributed by atoms with E-state index in [0.717, 1.165) is 0 Å². The first-order valence-corrected chi connectivity index (χ1v) is 4.41. The molecule has 4 heteroatoms. The van der Waals surface area contributed by atoms with Gasteiger partial charge in [0.05, 0.1) is 30.8 Å². The molecule has 4 nitrogen and oxygen atoms in total. The van der Waals surface area contributed by atoms with Crippen molar-refractivity contribution in [3.05, 3.63) is 0 Å². The summed E-state index contributed by atoms with van der Waals surface area (Å²) in [7, 11) is 0. The highest BCUT2D eigenvalue weighted by molar-refractivity contribution is 5.70. The molecule has 1 heterocycles. The Morgan fingerprint density at radius 2 is 2.23 bits per heavy atom. The molecule has 0 aromatic carbocycles. The minimum absolute atomic E-state index is 0.332. The Kier molecular flexibility index (Phi) is 2.93. The Labute approximate surface area is 77.8 Å². The summed E-state index contributed by atoms with van der Waals surface area (Å²) in [6.07, 6.45) is -0.332. The van der Waals surface area contributed by atoms with E-state index in [1.165, 1.54) is 0 Å². The molecule has 1 fully saturated rings. The third-order valence-corrected chi connectivity index (χ3v) is 2.15. The number of hydrogen-bond acceptors (Lipinski definition) is 3. The highest BCUT2D eigenvalue weighted by Crippen LogP contribution is 2.23. The van der Waals surface area contributed by atoms with E-state index in [4.69, 9.17) is 14.6 Å². The van der Waals surface area contributed by atoms with Crippen LogP contribution in [0.1, 0.15) is 20.8 Å². The minimum Gasteiger partial charge on any atom is -0.481 e. The van der Waals surface area contributed by atoms with Crippen LogP contribution in [-0.2, 0) is 14.3 Å². The number of hydrogen-bond donors (Lipinski definition) is 1. The van der Waals surface area contributed by atoms with Crippen molar-refractivity contribution in [2.45, 2.75) is 32.5 Å². The van der Waals surface area contributed by atoms with E-state index >= 15 is 0 Å². The monoisotopic (exact) mass is 188 g/mol. The maximum absolute atomic E-state index is 10.7. The molecule has 0 radical (unpaired) electrons. The van der Waals surface area contributed by atoms with Gasteiger partial charge in [-0.3, -0.25) is 4.79 Å². The van der Waals surface area contributed by atoms with Gasteiger partial charge < -0.3 is 14.6 Å². The smallest absolute Gasteiger partial charge is 0.308 e. The van der Waals surface area contributed by atoms with Gasteiger partial charge in [0, 0.05) is 0 Å². The highest BCUT2D eigenvalue weighted by Gasteiger charge is 2.35. The molecule has 1 saturated heterocycles. The lowest BCUT2D eigenvalue weighted by atomic mass is 10.0. The van der Waals surface area contributed by atoms with Gasteiger partial charge >= 0.3 is 5.97 Å². The second-order valence-electron chi connectivity index (χ2n) is 4.06. The van der Waals surface area contributed by atoms with Gasteiger partial charge in [-0.1, -0.05) is 0 Å². The Balaban J connectivity index is 2.56. The third-order valence-electron chi connectivity index (χ3n) is 2.15. The number of rotatable bonds is 2. The molecule has 1 N–H and O–H groups in total. The molecule has 0 amide bonds. The Morgan fingerprint density at radius 3 is 2.69 bits per heavy atom. The highest BCUT2D eigenvalue weighted by atomic mass is 16.6. The van der Waals surface area contributed by atoms with Crippen LogP contribution in [0.5, 0.6) is 0 Å². The normalized spacial score (nSPS) is 29.6. The summed E-state index contributed by atoms with van der Waals surface area (Å²) in [5.74, 6) is -1.36. The molecule has 1 rings (SSSR count). The van der Waals surface area contributed by atoms with Crippen molar-refractivity contribution in [2.24, 2.45) is 5.92 Å². The summed E-state index contributed by atoms with van der Waals surface area (Å²) in [5, 5.41) is 8.77. The Hall–Kier alpha value is -0.610. The molecular formula is C9H16O4. The molecule has 2 atom stereocenters. The van der Waals surface area contributed by atoms with Gasteiger partial charge in [0.2, 0.25) is 0 Å². The topological polar surface area (TPSA) is 55.8 Å². The van der Waals surface area contributed by atoms with Crippen molar-refractivity contribution in [1.82, 2.24) is 0 Å². The number of aliphatic carboxylic acids is 1. The van der Waals surface area contributed by atoms with Gasteiger partial charge in [-0.2, -0.15) is 0 Å². The van der Waals surface area contributed by atoms with E-state index in [1.54, 1.807) is 6.92 Å². The first-order valence-electron chi connectivity index (χ1n) is 4.41. The minimum atomic E-state index is -0.841.